The molecule has 1 aromatic heterocycles. The second-order valence-corrected chi connectivity index (χ2v) is 3.97. The quantitative estimate of drug-likeness (QED) is 0.795. The van der Waals surface area contributed by atoms with Gasteiger partial charge in [0.1, 0.15) is 0 Å². The molecular formula is C13H13NO2. The number of benzene rings is 1. The fourth-order valence-corrected chi connectivity index (χ4v) is 1.92. The summed E-state index contributed by atoms with van der Waals surface area (Å²) < 4.78 is 0. The molecule has 3 heteroatoms. The van der Waals surface area contributed by atoms with Gasteiger partial charge in [-0.05, 0) is 31.9 Å². The third-order valence-electron chi connectivity index (χ3n) is 2.92. The first-order valence-corrected chi connectivity index (χ1v) is 5.12. The zero-order valence-electron chi connectivity index (χ0n) is 9.53. The van der Waals surface area contributed by atoms with Gasteiger partial charge in [0.15, 0.2) is 0 Å². The molecule has 16 heavy (non-hydrogen) atoms. The molecule has 0 saturated carbocycles. The van der Waals surface area contributed by atoms with Gasteiger partial charge < -0.3 is 5.11 Å². The molecule has 0 fully saturated rings. The normalized spacial score (nSPS) is 10.7. The van der Waals surface area contributed by atoms with Gasteiger partial charge in [0.25, 0.3) is 0 Å². The predicted octanol–water partition coefficient (Wildman–Crippen LogP) is 2.86. The van der Waals surface area contributed by atoms with Gasteiger partial charge in [0, 0.05) is 11.1 Å². The zero-order valence-corrected chi connectivity index (χ0v) is 9.53. The van der Waals surface area contributed by atoms with Gasteiger partial charge in [-0.25, -0.2) is 4.79 Å². The molecule has 1 heterocycles. The molecule has 3 nitrogen and oxygen atoms in total. The van der Waals surface area contributed by atoms with Gasteiger partial charge in [-0.2, -0.15) is 0 Å². The molecule has 0 aliphatic heterocycles. The lowest BCUT2D eigenvalue weighted by molar-refractivity contribution is 0.0698. The van der Waals surface area contributed by atoms with Crippen LogP contribution in [0, 0.1) is 20.8 Å². The van der Waals surface area contributed by atoms with E-state index in [0.717, 1.165) is 27.7 Å². The van der Waals surface area contributed by atoms with Crippen LogP contribution in [-0.2, 0) is 0 Å². The molecule has 0 spiro atoms. The van der Waals surface area contributed by atoms with E-state index >= 15 is 0 Å². The largest absolute Gasteiger partial charge is 0.478 e. The first-order valence-electron chi connectivity index (χ1n) is 5.12. The molecule has 0 radical (unpaired) electrons. The van der Waals surface area contributed by atoms with Crippen LogP contribution in [0.25, 0.3) is 10.9 Å². The number of aryl methyl sites for hydroxylation is 2. The average Bonchev–Trinajstić information content (AvgIpc) is 2.21. The first kappa shape index (κ1) is 10.6. The monoisotopic (exact) mass is 215 g/mol. The van der Waals surface area contributed by atoms with E-state index in [9.17, 15) is 9.90 Å². The average molecular weight is 215 g/mol. The van der Waals surface area contributed by atoms with Crippen molar-refractivity contribution < 1.29 is 9.90 Å². The molecular weight excluding hydrogens is 202 g/mol. The van der Waals surface area contributed by atoms with E-state index in [2.05, 4.69) is 4.98 Å². The zero-order chi connectivity index (χ0) is 11.9. The smallest absolute Gasteiger partial charge is 0.336 e. The number of rotatable bonds is 1. The third kappa shape index (κ3) is 1.45. The molecule has 82 valence electrons. The van der Waals surface area contributed by atoms with Gasteiger partial charge >= 0.3 is 5.97 Å². The Balaban J connectivity index is 3.00. The fourth-order valence-electron chi connectivity index (χ4n) is 1.92. The Hall–Kier alpha value is -1.90. The maximum Gasteiger partial charge on any atom is 0.336 e. The van der Waals surface area contributed by atoms with Crippen LogP contribution >= 0.6 is 0 Å². The topological polar surface area (TPSA) is 50.2 Å². The Kier molecular flexibility index (Phi) is 2.38. The van der Waals surface area contributed by atoms with Crippen LogP contribution in [-0.4, -0.2) is 16.1 Å². The number of hydrogen-bond acceptors (Lipinski definition) is 2. The summed E-state index contributed by atoms with van der Waals surface area (Å²) in [5, 5.41) is 9.97. The molecule has 1 N–H and O–H groups in total. The number of fused-ring (bicyclic) bond motifs is 1. The number of carbonyl (C=O) groups is 1. The van der Waals surface area contributed by atoms with Gasteiger partial charge in [0.2, 0.25) is 0 Å². The Morgan fingerprint density at radius 1 is 1.25 bits per heavy atom. The molecule has 0 atom stereocenters. The molecule has 2 rings (SSSR count). The molecule has 0 amide bonds. The number of nitrogens with zero attached hydrogens (tertiary/aromatic N) is 1. The minimum Gasteiger partial charge on any atom is -0.478 e. The Morgan fingerprint density at radius 3 is 2.56 bits per heavy atom. The van der Waals surface area contributed by atoms with Crippen LogP contribution in [0.5, 0.6) is 0 Å². The van der Waals surface area contributed by atoms with Crippen LogP contribution < -0.4 is 0 Å². The summed E-state index contributed by atoms with van der Waals surface area (Å²) in [5.74, 6) is -0.890. The molecule has 0 aliphatic rings. The second-order valence-electron chi connectivity index (χ2n) is 3.97. The predicted molar refractivity (Wildman–Crippen MR) is 62.9 cm³/mol. The summed E-state index contributed by atoms with van der Waals surface area (Å²) in [6, 6.07) is 5.61. The lowest BCUT2D eigenvalue weighted by atomic mass is 10.00. The van der Waals surface area contributed by atoms with Gasteiger partial charge in [-0.1, -0.05) is 18.2 Å². The molecule has 2 aromatic rings. The highest BCUT2D eigenvalue weighted by atomic mass is 16.4. The lowest BCUT2D eigenvalue weighted by Gasteiger charge is -2.10. The number of pyridine rings is 1. The van der Waals surface area contributed by atoms with E-state index in [1.54, 1.807) is 6.92 Å². The number of para-hydroxylation sites is 1. The van der Waals surface area contributed by atoms with Crippen molar-refractivity contribution in [2.24, 2.45) is 0 Å². The molecule has 0 aliphatic carbocycles. The third-order valence-corrected chi connectivity index (χ3v) is 2.92. The van der Waals surface area contributed by atoms with Crippen LogP contribution in [0.3, 0.4) is 0 Å². The van der Waals surface area contributed by atoms with Crippen molar-refractivity contribution in [2.45, 2.75) is 20.8 Å². The summed E-state index contributed by atoms with van der Waals surface area (Å²) in [6.45, 7) is 5.58. The molecule has 0 bridgehead atoms. The van der Waals surface area contributed by atoms with Crippen molar-refractivity contribution in [3.05, 3.63) is 40.6 Å². The van der Waals surface area contributed by atoms with Crippen LogP contribution in [0.15, 0.2) is 18.2 Å². The highest BCUT2D eigenvalue weighted by Gasteiger charge is 2.15. The van der Waals surface area contributed by atoms with Gasteiger partial charge in [-0.15, -0.1) is 0 Å². The van der Waals surface area contributed by atoms with Crippen molar-refractivity contribution in [3.63, 3.8) is 0 Å². The minimum absolute atomic E-state index is 0.367. The number of carboxylic acids is 1. The maximum atomic E-state index is 11.3. The van der Waals surface area contributed by atoms with E-state index in [0.29, 0.717) is 5.56 Å². The number of hydrogen-bond donors (Lipinski definition) is 1. The highest BCUT2D eigenvalue weighted by molar-refractivity contribution is 6.04. The van der Waals surface area contributed by atoms with Crippen molar-refractivity contribution in [3.8, 4) is 0 Å². The Bertz CT molecular complexity index is 588. The SMILES string of the molecule is Cc1nc2c(C)cccc2c(C(=O)O)c1C. The van der Waals surface area contributed by atoms with Crippen molar-refractivity contribution in [1.82, 2.24) is 4.98 Å². The summed E-state index contributed by atoms with van der Waals surface area (Å²) in [4.78, 5) is 15.7. The summed E-state index contributed by atoms with van der Waals surface area (Å²) >= 11 is 0. The number of aromatic nitrogens is 1. The maximum absolute atomic E-state index is 11.3. The van der Waals surface area contributed by atoms with Crippen LogP contribution in [0.4, 0.5) is 0 Å². The summed E-state index contributed by atoms with van der Waals surface area (Å²) in [6.07, 6.45) is 0. The fraction of sp³-hybridized carbons (Fsp3) is 0.231. The van der Waals surface area contributed by atoms with Crippen molar-refractivity contribution in [1.29, 1.82) is 0 Å². The van der Waals surface area contributed by atoms with Crippen LogP contribution in [0.2, 0.25) is 0 Å². The van der Waals surface area contributed by atoms with Crippen molar-refractivity contribution in [2.75, 3.05) is 0 Å². The van der Waals surface area contributed by atoms with E-state index in [1.165, 1.54) is 0 Å². The summed E-state index contributed by atoms with van der Waals surface area (Å²) in [7, 11) is 0. The number of aromatic carboxylic acids is 1. The number of carboxylic acid groups (broad SMARTS) is 1. The van der Waals surface area contributed by atoms with Gasteiger partial charge in [0.05, 0.1) is 11.1 Å². The molecule has 0 unspecified atom stereocenters. The van der Waals surface area contributed by atoms with Crippen molar-refractivity contribution >= 4 is 16.9 Å². The summed E-state index contributed by atoms with van der Waals surface area (Å²) in [5.41, 5.74) is 3.67. The Morgan fingerprint density at radius 2 is 1.94 bits per heavy atom. The molecule has 0 saturated heterocycles. The molecule has 1 aromatic carbocycles. The highest BCUT2D eigenvalue weighted by Crippen LogP contribution is 2.24. The van der Waals surface area contributed by atoms with E-state index < -0.39 is 5.97 Å². The van der Waals surface area contributed by atoms with E-state index in [4.69, 9.17) is 0 Å². The van der Waals surface area contributed by atoms with E-state index in [1.807, 2.05) is 32.0 Å². The second kappa shape index (κ2) is 3.59. The standard InChI is InChI=1S/C13H13NO2/c1-7-5-4-6-10-11(13(15)16)8(2)9(3)14-12(7)10/h4-6H,1-3H3,(H,15,16). The van der Waals surface area contributed by atoms with Gasteiger partial charge in [-0.3, -0.25) is 4.98 Å². The Labute approximate surface area is 93.7 Å². The minimum atomic E-state index is -0.890. The first-order chi connectivity index (χ1) is 7.52. The van der Waals surface area contributed by atoms with E-state index in [-0.39, 0.29) is 0 Å². The van der Waals surface area contributed by atoms with Crippen LogP contribution in [0.1, 0.15) is 27.2 Å². The lowest BCUT2D eigenvalue weighted by Crippen LogP contribution is -2.05.